The Bertz CT molecular complexity index is 217. The maximum Gasteiger partial charge on any atom is 0.322 e. The highest BCUT2D eigenvalue weighted by Crippen LogP contribution is 2.18. The standard InChI is InChI=1S/C9H15NO4/c1-6(10)9(12)13-5-8-3-2-7(4-11)14-8/h4,6-8H,2-3,5,10H2,1H3. The van der Waals surface area contributed by atoms with Crippen molar-refractivity contribution in [1.29, 1.82) is 0 Å². The molecule has 0 bridgehead atoms. The van der Waals surface area contributed by atoms with Gasteiger partial charge in [-0.3, -0.25) is 4.79 Å². The quantitative estimate of drug-likeness (QED) is 0.495. The van der Waals surface area contributed by atoms with Crippen molar-refractivity contribution in [3.63, 3.8) is 0 Å². The van der Waals surface area contributed by atoms with Gasteiger partial charge in [-0.1, -0.05) is 0 Å². The van der Waals surface area contributed by atoms with Crippen LogP contribution in [-0.2, 0) is 19.1 Å². The molecule has 0 aromatic carbocycles. The predicted molar refractivity (Wildman–Crippen MR) is 48.6 cm³/mol. The van der Waals surface area contributed by atoms with Crippen LogP contribution in [0.2, 0.25) is 0 Å². The minimum absolute atomic E-state index is 0.159. The third-order valence-corrected chi connectivity index (χ3v) is 2.08. The zero-order valence-corrected chi connectivity index (χ0v) is 8.14. The molecule has 0 saturated carbocycles. The van der Waals surface area contributed by atoms with Gasteiger partial charge >= 0.3 is 5.97 Å². The molecule has 5 heteroatoms. The van der Waals surface area contributed by atoms with Crippen LogP contribution in [0.4, 0.5) is 0 Å². The highest BCUT2D eigenvalue weighted by atomic mass is 16.6. The van der Waals surface area contributed by atoms with E-state index in [0.717, 1.165) is 12.7 Å². The van der Waals surface area contributed by atoms with Gasteiger partial charge in [0.2, 0.25) is 0 Å². The summed E-state index contributed by atoms with van der Waals surface area (Å²) in [6.45, 7) is 1.75. The molecule has 0 aromatic heterocycles. The number of nitrogens with two attached hydrogens (primary N) is 1. The first-order valence-corrected chi connectivity index (χ1v) is 4.66. The van der Waals surface area contributed by atoms with Crippen LogP contribution in [0.5, 0.6) is 0 Å². The van der Waals surface area contributed by atoms with Crippen LogP contribution in [0.1, 0.15) is 19.8 Å². The minimum Gasteiger partial charge on any atom is -0.462 e. The average molecular weight is 201 g/mol. The smallest absolute Gasteiger partial charge is 0.322 e. The minimum atomic E-state index is -0.613. The summed E-state index contributed by atoms with van der Waals surface area (Å²) in [6, 6.07) is -0.613. The second kappa shape index (κ2) is 5.07. The van der Waals surface area contributed by atoms with Gasteiger partial charge in [-0.05, 0) is 19.8 Å². The van der Waals surface area contributed by atoms with Crippen molar-refractivity contribution in [2.24, 2.45) is 5.73 Å². The van der Waals surface area contributed by atoms with Crippen molar-refractivity contribution in [2.45, 2.75) is 38.0 Å². The molecule has 1 aliphatic rings. The van der Waals surface area contributed by atoms with E-state index < -0.39 is 12.0 Å². The Morgan fingerprint density at radius 3 is 2.93 bits per heavy atom. The van der Waals surface area contributed by atoms with Crippen molar-refractivity contribution in [1.82, 2.24) is 0 Å². The highest BCUT2D eigenvalue weighted by Gasteiger charge is 2.26. The van der Waals surface area contributed by atoms with Crippen LogP contribution in [0, 0.1) is 0 Å². The first-order valence-electron chi connectivity index (χ1n) is 4.66. The summed E-state index contributed by atoms with van der Waals surface area (Å²) < 4.78 is 10.1. The van der Waals surface area contributed by atoms with E-state index in [1.165, 1.54) is 0 Å². The summed E-state index contributed by atoms with van der Waals surface area (Å²) in [5.74, 6) is -0.442. The molecule has 2 N–H and O–H groups in total. The van der Waals surface area contributed by atoms with Gasteiger partial charge in [-0.2, -0.15) is 0 Å². The largest absolute Gasteiger partial charge is 0.462 e. The zero-order valence-electron chi connectivity index (χ0n) is 8.14. The van der Waals surface area contributed by atoms with Crippen molar-refractivity contribution in [2.75, 3.05) is 6.61 Å². The number of ether oxygens (including phenoxy) is 2. The van der Waals surface area contributed by atoms with Crippen molar-refractivity contribution >= 4 is 12.3 Å². The lowest BCUT2D eigenvalue weighted by Gasteiger charge is -2.12. The number of hydrogen-bond acceptors (Lipinski definition) is 5. The first kappa shape index (κ1) is 11.1. The summed E-state index contributed by atoms with van der Waals surface area (Å²) in [4.78, 5) is 21.3. The third-order valence-electron chi connectivity index (χ3n) is 2.08. The summed E-state index contributed by atoms with van der Waals surface area (Å²) >= 11 is 0. The Balaban J connectivity index is 2.20. The first-order chi connectivity index (χ1) is 6.63. The number of carbonyl (C=O) groups is 2. The Morgan fingerprint density at radius 1 is 1.71 bits per heavy atom. The van der Waals surface area contributed by atoms with Crippen LogP contribution in [-0.4, -0.2) is 37.1 Å². The lowest BCUT2D eigenvalue weighted by Crippen LogP contribution is -2.31. The predicted octanol–water partition coefficient (Wildman–Crippen LogP) is -0.377. The second-order valence-corrected chi connectivity index (χ2v) is 3.43. The molecule has 5 nitrogen and oxygen atoms in total. The fourth-order valence-corrected chi connectivity index (χ4v) is 1.26. The summed E-state index contributed by atoms with van der Waals surface area (Å²) in [5, 5.41) is 0. The number of hydrogen-bond donors (Lipinski definition) is 1. The molecule has 0 radical (unpaired) electrons. The average Bonchev–Trinajstić information content (AvgIpc) is 2.61. The van der Waals surface area contributed by atoms with Gasteiger partial charge in [0, 0.05) is 0 Å². The normalized spacial score (nSPS) is 28.4. The molecule has 0 aromatic rings. The molecule has 0 amide bonds. The Kier molecular flexibility index (Phi) is 4.03. The highest BCUT2D eigenvalue weighted by molar-refractivity contribution is 5.74. The van der Waals surface area contributed by atoms with Gasteiger partial charge in [0.05, 0.1) is 6.10 Å². The van der Waals surface area contributed by atoms with E-state index in [0.29, 0.717) is 6.42 Å². The van der Waals surface area contributed by atoms with E-state index >= 15 is 0 Å². The monoisotopic (exact) mass is 201 g/mol. The fraction of sp³-hybridized carbons (Fsp3) is 0.778. The molecular formula is C9H15NO4. The van der Waals surface area contributed by atoms with E-state index in [2.05, 4.69) is 0 Å². The topological polar surface area (TPSA) is 78.6 Å². The Hall–Kier alpha value is -0.940. The van der Waals surface area contributed by atoms with Gasteiger partial charge < -0.3 is 20.0 Å². The van der Waals surface area contributed by atoms with Crippen LogP contribution in [0.25, 0.3) is 0 Å². The lowest BCUT2D eigenvalue weighted by atomic mass is 10.2. The maximum atomic E-state index is 11.0. The van der Waals surface area contributed by atoms with Gasteiger partial charge in [0.15, 0.2) is 0 Å². The molecule has 0 spiro atoms. The molecule has 3 atom stereocenters. The van der Waals surface area contributed by atoms with Crippen LogP contribution < -0.4 is 5.73 Å². The van der Waals surface area contributed by atoms with Crippen molar-refractivity contribution in [3.8, 4) is 0 Å². The van der Waals surface area contributed by atoms with E-state index in [-0.39, 0.29) is 18.8 Å². The van der Waals surface area contributed by atoms with Crippen LogP contribution in [0.3, 0.4) is 0 Å². The fourth-order valence-electron chi connectivity index (χ4n) is 1.26. The molecule has 1 aliphatic heterocycles. The Morgan fingerprint density at radius 2 is 2.43 bits per heavy atom. The van der Waals surface area contributed by atoms with Crippen molar-refractivity contribution in [3.05, 3.63) is 0 Å². The molecule has 0 aliphatic carbocycles. The van der Waals surface area contributed by atoms with Crippen molar-refractivity contribution < 1.29 is 19.1 Å². The number of aldehydes is 1. The molecule has 1 heterocycles. The van der Waals surface area contributed by atoms with Gasteiger partial charge in [-0.25, -0.2) is 0 Å². The Labute approximate surface area is 82.5 Å². The van der Waals surface area contributed by atoms with E-state index in [4.69, 9.17) is 15.2 Å². The molecule has 80 valence electrons. The van der Waals surface area contributed by atoms with E-state index in [9.17, 15) is 9.59 Å². The lowest BCUT2D eigenvalue weighted by molar-refractivity contribution is -0.148. The van der Waals surface area contributed by atoms with E-state index in [1.54, 1.807) is 6.92 Å². The van der Waals surface area contributed by atoms with Crippen LogP contribution in [0.15, 0.2) is 0 Å². The van der Waals surface area contributed by atoms with Gasteiger partial charge in [-0.15, -0.1) is 0 Å². The summed E-state index contributed by atoms with van der Waals surface area (Å²) in [6.07, 6.45) is 1.72. The number of esters is 1. The molecule has 1 saturated heterocycles. The van der Waals surface area contributed by atoms with Crippen LogP contribution >= 0.6 is 0 Å². The molecule has 1 rings (SSSR count). The van der Waals surface area contributed by atoms with Gasteiger partial charge in [0.1, 0.15) is 25.0 Å². The molecule has 14 heavy (non-hydrogen) atoms. The number of rotatable bonds is 4. The maximum absolute atomic E-state index is 11.0. The zero-order chi connectivity index (χ0) is 10.6. The number of carbonyl (C=O) groups excluding carboxylic acids is 2. The van der Waals surface area contributed by atoms with E-state index in [1.807, 2.05) is 0 Å². The summed E-state index contributed by atoms with van der Waals surface area (Å²) in [7, 11) is 0. The van der Waals surface area contributed by atoms with Gasteiger partial charge in [0.25, 0.3) is 0 Å². The molecule has 3 unspecified atom stereocenters. The third kappa shape index (κ3) is 3.08. The summed E-state index contributed by atoms with van der Waals surface area (Å²) in [5.41, 5.74) is 5.30. The second-order valence-electron chi connectivity index (χ2n) is 3.43. The molecular weight excluding hydrogens is 186 g/mol. The molecule has 1 fully saturated rings. The SMILES string of the molecule is CC(N)C(=O)OCC1CCC(C=O)O1.